The smallest absolute Gasteiger partial charge is 0.245 e. The summed E-state index contributed by atoms with van der Waals surface area (Å²) in [4.78, 5) is 12.1. The van der Waals surface area contributed by atoms with Gasteiger partial charge in [-0.1, -0.05) is 6.07 Å². The molecule has 0 saturated heterocycles. The largest absolute Gasteiger partial charge is 0.324 e. The maximum atomic E-state index is 12.1. The molecule has 1 atom stereocenters. The fraction of sp³-hybridized carbons (Fsp3) is 0.267. The van der Waals surface area contributed by atoms with Crippen LogP contribution in [0.5, 0.6) is 0 Å². The van der Waals surface area contributed by atoms with Crippen molar-refractivity contribution in [2.75, 3.05) is 5.32 Å². The lowest BCUT2D eigenvalue weighted by molar-refractivity contribution is -0.117. The van der Waals surface area contributed by atoms with E-state index in [1.807, 2.05) is 22.9 Å². The van der Waals surface area contributed by atoms with Gasteiger partial charge in [0.1, 0.15) is 6.04 Å². The van der Waals surface area contributed by atoms with Gasteiger partial charge in [-0.3, -0.25) is 4.79 Å². The molecule has 1 amide bonds. The van der Waals surface area contributed by atoms with Crippen molar-refractivity contribution in [1.29, 1.82) is 0 Å². The normalized spacial score (nSPS) is 15.0. The highest BCUT2D eigenvalue weighted by molar-refractivity contribution is 7.08. The fourth-order valence-corrected chi connectivity index (χ4v) is 3.17. The van der Waals surface area contributed by atoms with Crippen molar-refractivity contribution in [1.82, 2.24) is 0 Å². The third-order valence-electron chi connectivity index (χ3n) is 3.55. The summed E-state index contributed by atoms with van der Waals surface area (Å²) in [5.74, 6) is -0.156. The van der Waals surface area contributed by atoms with Crippen molar-refractivity contribution in [3.63, 3.8) is 0 Å². The Kier molecular flexibility index (Phi) is 3.36. The third-order valence-corrected chi connectivity index (χ3v) is 4.25. The summed E-state index contributed by atoms with van der Waals surface area (Å²) in [5, 5.41) is 6.74. The van der Waals surface area contributed by atoms with Gasteiger partial charge < -0.3 is 11.1 Å². The molecule has 0 aliphatic heterocycles. The Balaban J connectivity index is 1.73. The lowest BCUT2D eigenvalue weighted by Crippen LogP contribution is -2.27. The number of carbonyl (C=O) groups excluding carboxylic acids is 1. The molecule has 1 aliphatic rings. The standard InChI is InChI=1S/C15H16N2OS/c16-14(12-6-7-19-9-12)15(18)17-13-5-4-10-2-1-3-11(10)8-13/h4-9,14H,1-3,16H2,(H,17,18). The fourth-order valence-electron chi connectivity index (χ4n) is 2.47. The topological polar surface area (TPSA) is 55.1 Å². The van der Waals surface area contributed by atoms with Gasteiger partial charge in [0.05, 0.1) is 0 Å². The van der Waals surface area contributed by atoms with Gasteiger partial charge in [-0.25, -0.2) is 0 Å². The lowest BCUT2D eigenvalue weighted by atomic mass is 10.1. The zero-order valence-electron chi connectivity index (χ0n) is 10.6. The number of rotatable bonds is 3. The SMILES string of the molecule is NC(C(=O)Nc1ccc2c(c1)CCC2)c1ccsc1. The minimum Gasteiger partial charge on any atom is -0.324 e. The summed E-state index contributed by atoms with van der Waals surface area (Å²) in [7, 11) is 0. The minimum absolute atomic E-state index is 0.156. The number of aryl methyl sites for hydroxylation is 2. The van der Waals surface area contributed by atoms with Gasteiger partial charge in [0.15, 0.2) is 0 Å². The van der Waals surface area contributed by atoms with Gasteiger partial charge >= 0.3 is 0 Å². The first-order valence-corrected chi connectivity index (χ1v) is 7.38. The zero-order valence-corrected chi connectivity index (χ0v) is 11.4. The first-order chi connectivity index (χ1) is 9.24. The van der Waals surface area contributed by atoms with E-state index < -0.39 is 6.04 Å². The Morgan fingerprint density at radius 1 is 1.26 bits per heavy atom. The molecule has 3 N–H and O–H groups in total. The molecule has 1 aliphatic carbocycles. The number of amides is 1. The quantitative estimate of drug-likeness (QED) is 0.902. The monoisotopic (exact) mass is 272 g/mol. The van der Waals surface area contributed by atoms with Crippen molar-refractivity contribution in [3.05, 3.63) is 51.7 Å². The first kappa shape index (κ1) is 12.4. The maximum Gasteiger partial charge on any atom is 0.245 e. The van der Waals surface area contributed by atoms with E-state index in [-0.39, 0.29) is 5.91 Å². The number of anilines is 1. The van der Waals surface area contributed by atoms with Crippen LogP contribution in [0.2, 0.25) is 0 Å². The van der Waals surface area contributed by atoms with Crippen molar-refractivity contribution < 1.29 is 4.79 Å². The minimum atomic E-state index is -0.598. The first-order valence-electron chi connectivity index (χ1n) is 6.44. The summed E-state index contributed by atoms with van der Waals surface area (Å²) in [6, 6.07) is 7.42. The van der Waals surface area contributed by atoms with Crippen molar-refractivity contribution in [2.24, 2.45) is 5.73 Å². The van der Waals surface area contributed by atoms with Crippen molar-refractivity contribution in [2.45, 2.75) is 25.3 Å². The van der Waals surface area contributed by atoms with Gasteiger partial charge in [0.25, 0.3) is 0 Å². The molecule has 0 radical (unpaired) electrons. The molecule has 0 fully saturated rings. The molecule has 1 heterocycles. The number of hydrogen-bond donors (Lipinski definition) is 2. The van der Waals surface area contributed by atoms with Gasteiger partial charge in [0, 0.05) is 5.69 Å². The van der Waals surface area contributed by atoms with Crippen molar-refractivity contribution >= 4 is 22.9 Å². The van der Waals surface area contributed by atoms with E-state index in [0.717, 1.165) is 24.1 Å². The van der Waals surface area contributed by atoms with Gasteiger partial charge in [0.2, 0.25) is 5.91 Å². The summed E-state index contributed by atoms with van der Waals surface area (Å²) in [6.07, 6.45) is 3.47. The van der Waals surface area contributed by atoms with E-state index in [1.165, 1.54) is 17.5 Å². The van der Waals surface area contributed by atoms with Crippen LogP contribution in [0.1, 0.15) is 29.2 Å². The van der Waals surface area contributed by atoms with Crippen LogP contribution in [0, 0.1) is 0 Å². The molecular formula is C15H16N2OS. The lowest BCUT2D eigenvalue weighted by Gasteiger charge is -2.12. The van der Waals surface area contributed by atoms with Gasteiger partial charge in [-0.05, 0) is 64.9 Å². The second-order valence-electron chi connectivity index (χ2n) is 4.86. The number of thiophene rings is 1. The number of carbonyl (C=O) groups is 1. The molecular weight excluding hydrogens is 256 g/mol. The van der Waals surface area contributed by atoms with Crippen LogP contribution in [0.3, 0.4) is 0 Å². The Morgan fingerprint density at radius 2 is 2.11 bits per heavy atom. The molecule has 0 spiro atoms. The predicted octanol–water partition coefficient (Wildman–Crippen LogP) is 2.88. The van der Waals surface area contributed by atoms with E-state index in [2.05, 4.69) is 17.4 Å². The van der Waals surface area contributed by atoms with Gasteiger partial charge in [-0.15, -0.1) is 0 Å². The van der Waals surface area contributed by atoms with Crippen LogP contribution in [-0.4, -0.2) is 5.91 Å². The highest BCUT2D eigenvalue weighted by atomic mass is 32.1. The Bertz CT molecular complexity index is 592. The third kappa shape index (κ3) is 2.55. The molecule has 1 unspecified atom stereocenters. The second-order valence-corrected chi connectivity index (χ2v) is 5.64. The molecule has 0 saturated carbocycles. The predicted molar refractivity (Wildman–Crippen MR) is 78.3 cm³/mol. The number of hydrogen-bond acceptors (Lipinski definition) is 3. The van der Waals surface area contributed by atoms with Crippen LogP contribution in [-0.2, 0) is 17.6 Å². The van der Waals surface area contributed by atoms with E-state index in [9.17, 15) is 4.79 Å². The van der Waals surface area contributed by atoms with Gasteiger partial charge in [-0.2, -0.15) is 11.3 Å². The molecule has 3 rings (SSSR count). The van der Waals surface area contributed by atoms with Crippen LogP contribution >= 0.6 is 11.3 Å². The van der Waals surface area contributed by atoms with E-state index in [1.54, 1.807) is 11.3 Å². The Hall–Kier alpha value is -1.65. The molecule has 4 heteroatoms. The number of benzene rings is 1. The summed E-state index contributed by atoms with van der Waals surface area (Å²) in [6.45, 7) is 0. The number of nitrogens with two attached hydrogens (primary N) is 1. The maximum absolute atomic E-state index is 12.1. The average Bonchev–Trinajstić information content (AvgIpc) is 3.08. The molecule has 3 nitrogen and oxygen atoms in total. The van der Waals surface area contributed by atoms with Crippen LogP contribution in [0.25, 0.3) is 0 Å². The average molecular weight is 272 g/mol. The summed E-state index contributed by atoms with van der Waals surface area (Å²) in [5.41, 5.74) is 10.4. The molecule has 19 heavy (non-hydrogen) atoms. The molecule has 1 aromatic carbocycles. The molecule has 2 aromatic rings. The number of fused-ring (bicyclic) bond motifs is 1. The highest BCUT2D eigenvalue weighted by Gasteiger charge is 2.17. The van der Waals surface area contributed by atoms with Crippen molar-refractivity contribution in [3.8, 4) is 0 Å². The van der Waals surface area contributed by atoms with E-state index >= 15 is 0 Å². The second kappa shape index (κ2) is 5.15. The Labute approximate surface area is 116 Å². The van der Waals surface area contributed by atoms with E-state index in [4.69, 9.17) is 5.73 Å². The highest BCUT2D eigenvalue weighted by Crippen LogP contribution is 2.25. The van der Waals surface area contributed by atoms with E-state index in [0.29, 0.717) is 0 Å². The van der Waals surface area contributed by atoms with Crippen LogP contribution < -0.4 is 11.1 Å². The summed E-state index contributed by atoms with van der Waals surface area (Å²) < 4.78 is 0. The zero-order chi connectivity index (χ0) is 13.2. The van der Waals surface area contributed by atoms with Crippen LogP contribution in [0.15, 0.2) is 35.0 Å². The number of nitrogens with one attached hydrogen (secondary N) is 1. The summed E-state index contributed by atoms with van der Waals surface area (Å²) >= 11 is 1.55. The molecule has 98 valence electrons. The molecule has 1 aromatic heterocycles. The molecule has 0 bridgehead atoms. The Morgan fingerprint density at radius 3 is 2.89 bits per heavy atom. The van der Waals surface area contributed by atoms with Crippen LogP contribution in [0.4, 0.5) is 5.69 Å².